The van der Waals surface area contributed by atoms with Gasteiger partial charge in [0, 0.05) is 22.5 Å². The van der Waals surface area contributed by atoms with Crippen LogP contribution >= 0.6 is 0 Å². The Bertz CT molecular complexity index is 2310. The number of amidine groups is 2. The van der Waals surface area contributed by atoms with E-state index in [0.717, 1.165) is 48.8 Å². The number of benzene rings is 4. The molecule has 4 aromatic carbocycles. The molecule has 2 atom stereocenters. The van der Waals surface area contributed by atoms with Crippen molar-refractivity contribution in [1.82, 2.24) is 4.57 Å². The summed E-state index contributed by atoms with van der Waals surface area (Å²) in [6.07, 6.45) is 21.2. The van der Waals surface area contributed by atoms with E-state index in [1.54, 1.807) is 0 Å². The SMILES string of the molecule is C=NC(=N/C(=N\Cn1c(/C=C\Cc2ccccc2C)c(C(C)CC)c2c1CCC=C2)c1ccc(C2=CCC(C)C=C2)cc1)c1ccc(-c2ccccc2)cc1. The number of allylic oxidation sites excluding steroid dienone is 6. The van der Waals surface area contributed by atoms with Crippen molar-refractivity contribution in [3.63, 3.8) is 0 Å². The minimum absolute atomic E-state index is 0.409. The van der Waals surface area contributed by atoms with Gasteiger partial charge in [-0.2, -0.15) is 0 Å². The molecule has 0 bridgehead atoms. The summed E-state index contributed by atoms with van der Waals surface area (Å²) in [7, 11) is 0. The predicted molar refractivity (Wildman–Crippen MR) is 236 cm³/mol. The molecule has 0 saturated heterocycles. The molecule has 55 heavy (non-hydrogen) atoms. The molecule has 0 aliphatic heterocycles. The molecule has 0 saturated carbocycles. The maximum atomic E-state index is 5.36. The Hall–Kier alpha value is -5.87. The molecule has 0 fully saturated rings. The Labute approximate surface area is 327 Å². The lowest BCUT2D eigenvalue weighted by Gasteiger charge is -2.14. The summed E-state index contributed by atoms with van der Waals surface area (Å²) in [5.74, 6) is 2.16. The number of hydrogen-bond acceptors (Lipinski definition) is 1. The summed E-state index contributed by atoms with van der Waals surface area (Å²) in [5.41, 5.74) is 14.6. The van der Waals surface area contributed by atoms with Gasteiger partial charge in [-0.1, -0.05) is 160 Å². The van der Waals surface area contributed by atoms with Gasteiger partial charge in [0.2, 0.25) is 0 Å². The van der Waals surface area contributed by atoms with Crippen LogP contribution in [0.3, 0.4) is 0 Å². The monoisotopic (exact) mass is 720 g/mol. The van der Waals surface area contributed by atoms with Gasteiger partial charge >= 0.3 is 0 Å². The van der Waals surface area contributed by atoms with Crippen molar-refractivity contribution in [2.75, 3.05) is 0 Å². The van der Waals surface area contributed by atoms with Crippen LogP contribution in [0.4, 0.5) is 0 Å². The van der Waals surface area contributed by atoms with Crippen LogP contribution in [0.15, 0.2) is 148 Å². The number of fused-ring (bicyclic) bond motifs is 1. The third-order valence-corrected chi connectivity index (χ3v) is 11.1. The molecule has 4 heteroatoms. The van der Waals surface area contributed by atoms with E-state index in [1.807, 2.05) is 6.07 Å². The first kappa shape index (κ1) is 37.4. The smallest absolute Gasteiger partial charge is 0.161 e. The summed E-state index contributed by atoms with van der Waals surface area (Å²) in [6, 6.07) is 36.1. The van der Waals surface area contributed by atoms with E-state index in [9.17, 15) is 0 Å². The average Bonchev–Trinajstić information content (AvgIpc) is 3.55. The summed E-state index contributed by atoms with van der Waals surface area (Å²) in [6.45, 7) is 13.5. The zero-order chi connectivity index (χ0) is 38.1. The van der Waals surface area contributed by atoms with Crippen molar-refractivity contribution in [2.24, 2.45) is 20.9 Å². The van der Waals surface area contributed by atoms with Crippen LogP contribution in [0.5, 0.6) is 0 Å². The number of rotatable bonds is 11. The zero-order valence-electron chi connectivity index (χ0n) is 32.7. The molecule has 2 aliphatic rings. The van der Waals surface area contributed by atoms with Crippen LogP contribution < -0.4 is 0 Å². The van der Waals surface area contributed by atoms with Gasteiger partial charge in [0.25, 0.3) is 0 Å². The maximum absolute atomic E-state index is 5.36. The lowest BCUT2D eigenvalue weighted by atomic mass is 9.91. The molecule has 1 heterocycles. The number of aliphatic imine (C=N–C) groups is 3. The quantitative estimate of drug-likeness (QED) is 0.0963. The first-order valence-corrected chi connectivity index (χ1v) is 19.8. The highest BCUT2D eigenvalue weighted by Crippen LogP contribution is 2.37. The number of aryl methyl sites for hydroxylation is 1. The van der Waals surface area contributed by atoms with Crippen molar-refractivity contribution in [3.8, 4) is 11.1 Å². The van der Waals surface area contributed by atoms with Gasteiger partial charge in [0.05, 0.1) is 0 Å². The number of nitrogens with zero attached hydrogens (tertiary/aromatic N) is 4. The van der Waals surface area contributed by atoms with E-state index in [1.165, 1.54) is 50.3 Å². The minimum Gasteiger partial charge on any atom is -0.324 e. The number of aromatic nitrogens is 1. The normalized spacial score (nSPS) is 16.3. The topological polar surface area (TPSA) is 42.0 Å². The van der Waals surface area contributed by atoms with Gasteiger partial charge in [-0.3, -0.25) is 0 Å². The minimum atomic E-state index is 0.409. The highest BCUT2D eigenvalue weighted by molar-refractivity contribution is 6.12. The van der Waals surface area contributed by atoms with Gasteiger partial charge in [-0.25, -0.2) is 15.0 Å². The van der Waals surface area contributed by atoms with E-state index in [0.29, 0.717) is 30.2 Å². The molecular formula is C51H52N4. The summed E-state index contributed by atoms with van der Waals surface area (Å²) in [4.78, 5) is 15.0. The van der Waals surface area contributed by atoms with E-state index in [2.05, 4.69) is 184 Å². The molecule has 0 amide bonds. The molecule has 4 nitrogen and oxygen atoms in total. The van der Waals surface area contributed by atoms with E-state index < -0.39 is 0 Å². The lowest BCUT2D eigenvalue weighted by Crippen LogP contribution is -2.10. The largest absolute Gasteiger partial charge is 0.324 e. The third-order valence-electron chi connectivity index (χ3n) is 11.1. The van der Waals surface area contributed by atoms with Crippen LogP contribution in [-0.2, 0) is 19.5 Å². The van der Waals surface area contributed by atoms with Gasteiger partial charge in [0.1, 0.15) is 6.67 Å². The van der Waals surface area contributed by atoms with Gasteiger partial charge in [0.15, 0.2) is 11.7 Å². The second-order valence-corrected chi connectivity index (χ2v) is 14.8. The third kappa shape index (κ3) is 8.60. The van der Waals surface area contributed by atoms with Gasteiger partial charge < -0.3 is 4.57 Å². The highest BCUT2D eigenvalue weighted by Gasteiger charge is 2.24. The van der Waals surface area contributed by atoms with Gasteiger partial charge in [-0.05, 0) is 108 Å². The van der Waals surface area contributed by atoms with E-state index >= 15 is 0 Å². The fourth-order valence-corrected chi connectivity index (χ4v) is 7.62. The fraction of sp³-hybridized carbons (Fsp3) is 0.235. The second-order valence-electron chi connectivity index (χ2n) is 14.8. The predicted octanol–water partition coefficient (Wildman–Crippen LogP) is 12.7. The Balaban J connectivity index is 1.30. The average molecular weight is 721 g/mol. The summed E-state index contributed by atoms with van der Waals surface area (Å²) in [5, 5.41) is 0. The van der Waals surface area contributed by atoms with Crippen LogP contribution in [0.2, 0.25) is 0 Å². The maximum Gasteiger partial charge on any atom is 0.161 e. The molecule has 7 rings (SSSR count). The van der Waals surface area contributed by atoms with E-state index in [-0.39, 0.29) is 0 Å². The van der Waals surface area contributed by atoms with Crippen molar-refractivity contribution >= 4 is 36.1 Å². The molecule has 0 spiro atoms. The molecule has 2 aliphatic carbocycles. The first-order chi connectivity index (χ1) is 26.9. The Morgan fingerprint density at radius 3 is 2.24 bits per heavy atom. The number of hydrogen-bond donors (Lipinski definition) is 0. The second kappa shape index (κ2) is 17.5. The first-order valence-electron chi connectivity index (χ1n) is 19.8. The molecule has 276 valence electrons. The van der Waals surface area contributed by atoms with Crippen LogP contribution in [0.1, 0.15) is 96.3 Å². The lowest BCUT2D eigenvalue weighted by molar-refractivity contribution is 0.673. The van der Waals surface area contributed by atoms with Crippen molar-refractivity contribution < 1.29 is 0 Å². The molecule has 5 aromatic rings. The Kier molecular flexibility index (Phi) is 11.9. The fourth-order valence-electron chi connectivity index (χ4n) is 7.62. The van der Waals surface area contributed by atoms with Crippen molar-refractivity contribution in [1.29, 1.82) is 0 Å². The van der Waals surface area contributed by atoms with Crippen LogP contribution in [0, 0.1) is 12.8 Å². The van der Waals surface area contributed by atoms with Crippen molar-refractivity contribution in [2.45, 2.75) is 72.4 Å². The van der Waals surface area contributed by atoms with Crippen LogP contribution in [0.25, 0.3) is 28.9 Å². The zero-order valence-corrected chi connectivity index (χ0v) is 32.7. The molecule has 0 N–H and O–H groups in total. The molecule has 2 unspecified atom stereocenters. The van der Waals surface area contributed by atoms with E-state index in [4.69, 9.17) is 9.98 Å². The summed E-state index contributed by atoms with van der Waals surface area (Å²) >= 11 is 0. The molecular weight excluding hydrogens is 669 g/mol. The standard InChI is InChI=1S/C51H52N4/c1-6-37(3)49-46-20-12-13-21-47(46)55(48(49)22-14-19-39-16-11-10-15-38(39)4)35-53-51(45-33-29-43(30-34-45)41-25-23-36(2)24-26-41)54-50(52-5)44-31-27-42(28-32-44)40-17-8-7-9-18-40/h7-12,14-18,20,22-23,25-34,36-37H,5-6,13,19,21,24,35H2,1-4H3/b22-14-,53-51-,54-50?. The highest BCUT2D eigenvalue weighted by atomic mass is 15.1. The molecule has 0 radical (unpaired) electrons. The summed E-state index contributed by atoms with van der Waals surface area (Å²) < 4.78 is 2.44. The van der Waals surface area contributed by atoms with Gasteiger partial charge in [-0.15, -0.1) is 0 Å². The Morgan fingerprint density at radius 2 is 1.55 bits per heavy atom. The van der Waals surface area contributed by atoms with Crippen molar-refractivity contribution in [3.05, 3.63) is 184 Å². The Morgan fingerprint density at radius 1 is 0.855 bits per heavy atom. The van der Waals surface area contributed by atoms with Crippen LogP contribution in [-0.4, -0.2) is 23.0 Å². The molecule has 1 aromatic heterocycles.